The number of hydrogen-bond acceptors (Lipinski definition) is 3. The molecule has 1 aromatic heterocycles. The molecule has 0 aliphatic carbocycles. The van der Waals surface area contributed by atoms with Gasteiger partial charge in [-0.1, -0.05) is 45.9 Å². The van der Waals surface area contributed by atoms with Gasteiger partial charge in [0.15, 0.2) is 0 Å². The molecule has 3 amide bonds. The molecule has 3 rings (SSSR count). The minimum absolute atomic E-state index is 0.201. The summed E-state index contributed by atoms with van der Waals surface area (Å²) in [5.41, 5.74) is 1.71. The molecule has 198 valence electrons. The Labute approximate surface area is 214 Å². The summed E-state index contributed by atoms with van der Waals surface area (Å²) in [5, 5.41) is 10.2. The van der Waals surface area contributed by atoms with Crippen LogP contribution < -0.4 is 10.6 Å². The van der Waals surface area contributed by atoms with E-state index < -0.39 is 23.7 Å². The fourth-order valence-corrected chi connectivity index (χ4v) is 3.64. The van der Waals surface area contributed by atoms with E-state index in [9.17, 15) is 22.8 Å². The molecule has 10 heteroatoms. The minimum Gasteiger partial charge on any atom is -0.315 e. The smallest absolute Gasteiger partial charge is 0.315 e. The van der Waals surface area contributed by atoms with E-state index >= 15 is 0 Å². The quantitative estimate of drug-likeness (QED) is 0.383. The van der Waals surface area contributed by atoms with Crippen LogP contribution in [0.5, 0.6) is 0 Å². The Morgan fingerprint density at radius 1 is 1.00 bits per heavy atom. The Bertz CT molecular complexity index is 1240. The molecule has 0 atom stereocenters. The maximum Gasteiger partial charge on any atom is 0.416 e. The van der Waals surface area contributed by atoms with Crippen molar-refractivity contribution < 1.29 is 22.8 Å². The van der Waals surface area contributed by atoms with Crippen molar-refractivity contribution in [2.24, 2.45) is 0 Å². The van der Waals surface area contributed by atoms with Gasteiger partial charge in [-0.3, -0.25) is 4.79 Å². The van der Waals surface area contributed by atoms with Crippen LogP contribution in [-0.4, -0.2) is 39.7 Å². The number of halogens is 3. The van der Waals surface area contributed by atoms with Gasteiger partial charge in [0.25, 0.3) is 0 Å². The number of hydrogen-bond donors (Lipinski definition) is 2. The summed E-state index contributed by atoms with van der Waals surface area (Å²) in [6.07, 6.45) is -3.88. The van der Waals surface area contributed by atoms with E-state index in [1.54, 1.807) is 4.68 Å². The SMILES string of the molecule is CCCN(CC(=O)Nc1cc(C(C)(C)C)nn1-c1ccccc1C)C(=O)Nc1ccc(C(F)(F)F)cc1. The number of aromatic nitrogens is 2. The van der Waals surface area contributed by atoms with E-state index in [0.717, 1.165) is 29.1 Å². The molecular formula is C27H32F3N5O2. The second-order valence-corrected chi connectivity index (χ2v) is 9.84. The number of alkyl halides is 3. The van der Waals surface area contributed by atoms with Gasteiger partial charge in [0.1, 0.15) is 12.4 Å². The Balaban J connectivity index is 1.77. The molecule has 37 heavy (non-hydrogen) atoms. The molecule has 3 aromatic rings. The van der Waals surface area contributed by atoms with Crippen molar-refractivity contribution in [3.05, 3.63) is 71.4 Å². The number of anilines is 2. The van der Waals surface area contributed by atoms with Crippen LogP contribution >= 0.6 is 0 Å². The molecule has 0 unspecified atom stereocenters. The fraction of sp³-hybridized carbons (Fsp3) is 0.370. The summed E-state index contributed by atoms with van der Waals surface area (Å²) in [4.78, 5) is 27.2. The van der Waals surface area contributed by atoms with E-state index in [2.05, 4.69) is 10.6 Å². The average molecular weight is 516 g/mol. The lowest BCUT2D eigenvalue weighted by Gasteiger charge is -2.22. The molecule has 0 spiro atoms. The van der Waals surface area contributed by atoms with Gasteiger partial charge < -0.3 is 15.5 Å². The molecule has 0 radical (unpaired) electrons. The van der Waals surface area contributed by atoms with Crippen LogP contribution in [-0.2, 0) is 16.4 Å². The summed E-state index contributed by atoms with van der Waals surface area (Å²) in [6, 6.07) is 13.1. The maximum absolute atomic E-state index is 13.0. The Kier molecular flexibility index (Phi) is 8.30. The molecule has 0 saturated carbocycles. The van der Waals surface area contributed by atoms with Gasteiger partial charge >= 0.3 is 12.2 Å². The van der Waals surface area contributed by atoms with E-state index in [4.69, 9.17) is 5.10 Å². The monoisotopic (exact) mass is 515 g/mol. The topological polar surface area (TPSA) is 79.3 Å². The van der Waals surface area contributed by atoms with Crippen LogP contribution in [0.3, 0.4) is 0 Å². The van der Waals surface area contributed by atoms with Gasteiger partial charge in [0.2, 0.25) is 5.91 Å². The Morgan fingerprint density at radius 3 is 2.22 bits per heavy atom. The molecule has 2 aromatic carbocycles. The van der Waals surface area contributed by atoms with Crippen molar-refractivity contribution >= 4 is 23.4 Å². The lowest BCUT2D eigenvalue weighted by atomic mass is 9.92. The number of carbonyl (C=O) groups excluding carboxylic acids is 2. The van der Waals surface area contributed by atoms with Crippen molar-refractivity contribution in [1.29, 1.82) is 0 Å². The number of aryl methyl sites for hydroxylation is 1. The first kappa shape index (κ1) is 27.8. The lowest BCUT2D eigenvalue weighted by Crippen LogP contribution is -2.41. The van der Waals surface area contributed by atoms with Gasteiger partial charge in [-0.2, -0.15) is 18.3 Å². The van der Waals surface area contributed by atoms with Crippen LogP contribution in [0.4, 0.5) is 29.5 Å². The van der Waals surface area contributed by atoms with Crippen molar-refractivity contribution in [1.82, 2.24) is 14.7 Å². The van der Waals surface area contributed by atoms with E-state index in [1.807, 2.05) is 65.0 Å². The number of amides is 3. The van der Waals surface area contributed by atoms with Crippen LogP contribution in [0.2, 0.25) is 0 Å². The third-order valence-electron chi connectivity index (χ3n) is 5.67. The zero-order valence-corrected chi connectivity index (χ0v) is 21.6. The lowest BCUT2D eigenvalue weighted by molar-refractivity contribution is -0.137. The van der Waals surface area contributed by atoms with Crippen molar-refractivity contribution in [2.75, 3.05) is 23.7 Å². The van der Waals surface area contributed by atoms with Crippen molar-refractivity contribution in [2.45, 2.75) is 52.6 Å². The Hall–Kier alpha value is -3.82. The third-order valence-corrected chi connectivity index (χ3v) is 5.67. The number of para-hydroxylation sites is 1. The van der Waals surface area contributed by atoms with Gasteiger partial charge in [-0.05, 0) is 49.2 Å². The van der Waals surface area contributed by atoms with Crippen molar-refractivity contribution in [3.63, 3.8) is 0 Å². The molecule has 7 nitrogen and oxygen atoms in total. The number of urea groups is 1. The first-order valence-electron chi connectivity index (χ1n) is 12.0. The van der Waals surface area contributed by atoms with Gasteiger partial charge in [0.05, 0.1) is 16.9 Å². The second kappa shape index (κ2) is 11.1. The van der Waals surface area contributed by atoms with Crippen LogP contribution in [0.15, 0.2) is 54.6 Å². The normalized spacial score (nSPS) is 11.8. The highest BCUT2D eigenvalue weighted by atomic mass is 19.4. The highest BCUT2D eigenvalue weighted by Crippen LogP contribution is 2.30. The largest absolute Gasteiger partial charge is 0.416 e. The standard InChI is InChI=1S/C27H32F3N5O2/c1-6-15-34(25(37)31-20-13-11-19(12-14-20)27(28,29)30)17-24(36)32-23-16-22(26(3,4)5)33-35(23)21-10-8-7-9-18(21)2/h7-14,16H,6,15,17H2,1-5H3,(H,31,37)(H,32,36). The molecule has 0 bridgehead atoms. The van der Waals surface area contributed by atoms with Gasteiger partial charge in [0, 0.05) is 23.7 Å². The van der Waals surface area contributed by atoms with Gasteiger partial charge in [-0.25, -0.2) is 9.48 Å². The average Bonchev–Trinajstić information content (AvgIpc) is 3.23. The van der Waals surface area contributed by atoms with E-state index in [0.29, 0.717) is 12.2 Å². The predicted octanol–water partition coefficient (Wildman–Crippen LogP) is 6.38. The summed E-state index contributed by atoms with van der Waals surface area (Å²) in [5.74, 6) is 0.0510. The number of nitrogens with one attached hydrogen (secondary N) is 2. The fourth-order valence-electron chi connectivity index (χ4n) is 3.64. The zero-order valence-electron chi connectivity index (χ0n) is 21.6. The molecule has 1 heterocycles. The molecule has 0 aliphatic heterocycles. The number of carbonyl (C=O) groups is 2. The maximum atomic E-state index is 13.0. The van der Waals surface area contributed by atoms with Crippen LogP contribution in [0.1, 0.15) is 50.9 Å². The molecule has 0 fully saturated rings. The Morgan fingerprint density at radius 2 is 1.65 bits per heavy atom. The highest BCUT2D eigenvalue weighted by molar-refractivity contribution is 5.96. The minimum atomic E-state index is -4.47. The molecule has 0 aliphatic rings. The highest BCUT2D eigenvalue weighted by Gasteiger charge is 2.30. The van der Waals surface area contributed by atoms with Crippen LogP contribution in [0.25, 0.3) is 5.69 Å². The summed E-state index contributed by atoms with van der Waals surface area (Å²) in [7, 11) is 0. The van der Waals surface area contributed by atoms with E-state index in [1.165, 1.54) is 17.0 Å². The third kappa shape index (κ3) is 7.12. The zero-order chi connectivity index (χ0) is 27.4. The summed E-state index contributed by atoms with van der Waals surface area (Å²) in [6.45, 7) is 9.93. The molecule has 0 saturated heterocycles. The van der Waals surface area contributed by atoms with E-state index in [-0.39, 0.29) is 24.2 Å². The summed E-state index contributed by atoms with van der Waals surface area (Å²) >= 11 is 0. The number of rotatable bonds is 7. The first-order valence-corrected chi connectivity index (χ1v) is 12.0. The number of nitrogens with zero attached hydrogens (tertiary/aromatic N) is 3. The first-order chi connectivity index (χ1) is 17.3. The molecule has 2 N–H and O–H groups in total. The van der Waals surface area contributed by atoms with Crippen molar-refractivity contribution in [3.8, 4) is 5.69 Å². The van der Waals surface area contributed by atoms with Crippen LogP contribution in [0, 0.1) is 6.92 Å². The second-order valence-electron chi connectivity index (χ2n) is 9.84. The summed E-state index contributed by atoms with van der Waals surface area (Å²) < 4.78 is 40.1. The molecular weight excluding hydrogens is 483 g/mol. The predicted molar refractivity (Wildman–Crippen MR) is 138 cm³/mol. The van der Waals surface area contributed by atoms with Gasteiger partial charge in [-0.15, -0.1) is 0 Å². The number of benzene rings is 2.